The molecular formula is C8H6ClFN2O3. The molecule has 0 unspecified atom stereocenters. The number of nitro benzene ring substituents is 1. The van der Waals surface area contributed by atoms with Crippen LogP contribution in [-0.2, 0) is 0 Å². The number of hydrogen-bond donors (Lipinski definition) is 1. The minimum absolute atomic E-state index is 0.269. The van der Waals surface area contributed by atoms with E-state index in [-0.39, 0.29) is 11.3 Å². The zero-order chi connectivity index (χ0) is 11.6. The number of ketones is 1. The Morgan fingerprint density at radius 1 is 1.60 bits per heavy atom. The van der Waals surface area contributed by atoms with Crippen LogP contribution in [-0.4, -0.2) is 16.6 Å². The molecule has 0 heterocycles. The molecule has 5 nitrogen and oxygen atoms in total. The van der Waals surface area contributed by atoms with E-state index >= 15 is 0 Å². The lowest BCUT2D eigenvalue weighted by Crippen LogP contribution is -2.06. The molecule has 0 fully saturated rings. The third-order valence-corrected chi connectivity index (χ3v) is 1.98. The van der Waals surface area contributed by atoms with Gasteiger partial charge in [0, 0.05) is 0 Å². The predicted octanol–water partition coefficient (Wildman–Crippen LogP) is 1.74. The Morgan fingerprint density at radius 2 is 2.20 bits per heavy atom. The van der Waals surface area contributed by atoms with Gasteiger partial charge in [0.1, 0.15) is 11.5 Å². The van der Waals surface area contributed by atoms with E-state index in [9.17, 15) is 19.3 Å². The minimum Gasteiger partial charge on any atom is -0.393 e. The quantitative estimate of drug-likeness (QED) is 0.283. The molecule has 0 atom stereocenters. The van der Waals surface area contributed by atoms with Crippen molar-refractivity contribution < 1.29 is 14.1 Å². The van der Waals surface area contributed by atoms with Gasteiger partial charge in [0.25, 0.3) is 5.69 Å². The number of alkyl halides is 1. The van der Waals surface area contributed by atoms with Gasteiger partial charge in [-0.15, -0.1) is 11.6 Å². The highest BCUT2D eigenvalue weighted by atomic mass is 35.5. The van der Waals surface area contributed by atoms with Crippen LogP contribution >= 0.6 is 11.6 Å². The van der Waals surface area contributed by atoms with Crippen LogP contribution in [0.4, 0.5) is 15.8 Å². The first-order valence-corrected chi connectivity index (χ1v) is 4.33. The highest BCUT2D eigenvalue weighted by molar-refractivity contribution is 6.30. The monoisotopic (exact) mass is 232 g/mol. The molecule has 0 bridgehead atoms. The van der Waals surface area contributed by atoms with Gasteiger partial charge in [-0.3, -0.25) is 14.9 Å². The second-order valence-corrected chi connectivity index (χ2v) is 2.97. The van der Waals surface area contributed by atoms with Gasteiger partial charge in [0.2, 0.25) is 0 Å². The van der Waals surface area contributed by atoms with Gasteiger partial charge in [0.15, 0.2) is 5.78 Å². The molecule has 0 amide bonds. The summed E-state index contributed by atoms with van der Waals surface area (Å²) in [5, 5.41) is 10.4. The summed E-state index contributed by atoms with van der Waals surface area (Å²) in [5.41, 5.74) is 4.10. The van der Waals surface area contributed by atoms with Crippen molar-refractivity contribution in [2.45, 2.75) is 0 Å². The first kappa shape index (κ1) is 11.4. The lowest BCUT2D eigenvalue weighted by molar-refractivity contribution is -0.384. The summed E-state index contributed by atoms with van der Waals surface area (Å²) in [4.78, 5) is 20.6. The van der Waals surface area contributed by atoms with Crippen molar-refractivity contribution in [2.24, 2.45) is 0 Å². The smallest absolute Gasteiger partial charge is 0.295 e. The van der Waals surface area contributed by atoms with Crippen molar-refractivity contribution in [2.75, 3.05) is 11.6 Å². The first-order chi connectivity index (χ1) is 6.97. The molecule has 0 saturated carbocycles. The maximum absolute atomic E-state index is 13.2. The fourth-order valence-electron chi connectivity index (χ4n) is 1.02. The topological polar surface area (TPSA) is 86.2 Å². The van der Waals surface area contributed by atoms with Gasteiger partial charge in [-0.05, 0) is 6.07 Å². The highest BCUT2D eigenvalue weighted by Crippen LogP contribution is 2.25. The standard InChI is InChI=1S/C8H6ClFN2O3/c9-3-8(13)4-1-6(11)7(12(14)15)2-5(4)10/h1-2H,3,11H2. The van der Waals surface area contributed by atoms with E-state index < -0.39 is 28.1 Å². The number of nitrogens with two attached hydrogens (primary N) is 1. The number of carbonyl (C=O) groups is 1. The molecule has 7 heteroatoms. The van der Waals surface area contributed by atoms with Gasteiger partial charge < -0.3 is 5.73 Å². The average Bonchev–Trinajstić information content (AvgIpc) is 2.19. The van der Waals surface area contributed by atoms with Crippen LogP contribution in [0.2, 0.25) is 0 Å². The minimum atomic E-state index is -0.999. The van der Waals surface area contributed by atoms with Gasteiger partial charge in [-0.25, -0.2) is 4.39 Å². The van der Waals surface area contributed by atoms with E-state index in [0.29, 0.717) is 6.07 Å². The summed E-state index contributed by atoms with van der Waals surface area (Å²) in [5.74, 6) is -2.08. The molecule has 0 spiro atoms. The normalized spacial score (nSPS) is 10.0. The number of nitro groups is 1. The zero-order valence-electron chi connectivity index (χ0n) is 7.37. The largest absolute Gasteiger partial charge is 0.393 e. The molecule has 0 saturated heterocycles. The van der Waals surface area contributed by atoms with Crippen LogP contribution in [0.15, 0.2) is 12.1 Å². The Morgan fingerprint density at radius 3 is 2.67 bits per heavy atom. The van der Waals surface area contributed by atoms with E-state index in [2.05, 4.69) is 0 Å². The summed E-state index contributed by atoms with van der Waals surface area (Å²) in [6, 6.07) is 1.52. The van der Waals surface area contributed by atoms with Crippen LogP contribution in [0.25, 0.3) is 0 Å². The molecule has 80 valence electrons. The molecule has 15 heavy (non-hydrogen) atoms. The first-order valence-electron chi connectivity index (χ1n) is 3.80. The summed E-state index contributed by atoms with van der Waals surface area (Å²) in [6.45, 7) is 0. The van der Waals surface area contributed by atoms with Crippen molar-refractivity contribution >= 4 is 28.8 Å². The summed E-state index contributed by atoms with van der Waals surface area (Å²) >= 11 is 5.22. The molecular weight excluding hydrogens is 227 g/mol. The van der Waals surface area contributed by atoms with Crippen LogP contribution in [0.3, 0.4) is 0 Å². The summed E-state index contributed by atoms with van der Waals surface area (Å²) < 4.78 is 13.2. The van der Waals surface area contributed by atoms with Crippen molar-refractivity contribution in [1.82, 2.24) is 0 Å². The van der Waals surface area contributed by atoms with E-state index in [4.69, 9.17) is 17.3 Å². The second-order valence-electron chi connectivity index (χ2n) is 2.70. The number of Topliss-reactive ketones (excluding diaryl/α,β-unsaturated/α-hetero) is 1. The van der Waals surface area contributed by atoms with Crippen LogP contribution in [0, 0.1) is 15.9 Å². The molecule has 2 N–H and O–H groups in total. The number of anilines is 1. The number of rotatable bonds is 3. The molecule has 1 aromatic carbocycles. The fourth-order valence-corrected chi connectivity index (χ4v) is 1.17. The van der Waals surface area contributed by atoms with Gasteiger partial charge in [-0.1, -0.05) is 0 Å². The molecule has 1 aromatic rings. The Bertz CT molecular complexity index is 436. The maximum Gasteiger partial charge on any atom is 0.295 e. The second kappa shape index (κ2) is 4.22. The van der Waals surface area contributed by atoms with Gasteiger partial charge in [0.05, 0.1) is 22.4 Å². The molecule has 0 aliphatic rings. The van der Waals surface area contributed by atoms with Crippen molar-refractivity contribution in [3.05, 3.63) is 33.6 Å². The third kappa shape index (κ3) is 2.21. The molecule has 1 rings (SSSR count). The summed E-state index contributed by atoms with van der Waals surface area (Å²) in [6.07, 6.45) is 0. The van der Waals surface area contributed by atoms with E-state index in [1.165, 1.54) is 0 Å². The highest BCUT2D eigenvalue weighted by Gasteiger charge is 2.19. The van der Waals surface area contributed by atoms with Gasteiger partial charge >= 0.3 is 0 Å². The van der Waals surface area contributed by atoms with Crippen LogP contribution < -0.4 is 5.73 Å². The lowest BCUT2D eigenvalue weighted by Gasteiger charge is -2.02. The van der Waals surface area contributed by atoms with Gasteiger partial charge in [-0.2, -0.15) is 0 Å². The summed E-state index contributed by atoms with van der Waals surface area (Å²) in [7, 11) is 0. The molecule has 0 aromatic heterocycles. The number of carbonyl (C=O) groups excluding carboxylic acids is 1. The Balaban J connectivity index is 3.31. The Labute approximate surface area is 88.8 Å². The van der Waals surface area contributed by atoms with Crippen LogP contribution in [0.5, 0.6) is 0 Å². The predicted molar refractivity (Wildman–Crippen MR) is 52.5 cm³/mol. The molecule has 0 radical (unpaired) electrons. The maximum atomic E-state index is 13.2. The van der Waals surface area contributed by atoms with Crippen LogP contribution in [0.1, 0.15) is 10.4 Å². The number of nitrogen functional groups attached to an aromatic ring is 1. The van der Waals surface area contributed by atoms with E-state index in [1.54, 1.807) is 0 Å². The molecule has 0 aliphatic carbocycles. The number of halogens is 2. The SMILES string of the molecule is Nc1cc(C(=O)CCl)c(F)cc1[N+](=O)[O-]. The fraction of sp³-hybridized carbons (Fsp3) is 0.125. The van der Waals surface area contributed by atoms with Crippen molar-refractivity contribution in [3.63, 3.8) is 0 Å². The molecule has 0 aliphatic heterocycles. The lowest BCUT2D eigenvalue weighted by atomic mass is 10.1. The number of benzene rings is 1. The number of hydrogen-bond acceptors (Lipinski definition) is 4. The zero-order valence-corrected chi connectivity index (χ0v) is 8.12. The number of nitrogens with zero attached hydrogens (tertiary/aromatic N) is 1. The van der Waals surface area contributed by atoms with Crippen molar-refractivity contribution in [3.8, 4) is 0 Å². The Hall–Kier alpha value is -1.69. The van der Waals surface area contributed by atoms with E-state index in [1.807, 2.05) is 0 Å². The average molecular weight is 233 g/mol. The van der Waals surface area contributed by atoms with E-state index in [0.717, 1.165) is 6.07 Å². The third-order valence-electron chi connectivity index (χ3n) is 1.73. The van der Waals surface area contributed by atoms with Crippen molar-refractivity contribution in [1.29, 1.82) is 0 Å². The Kier molecular flexibility index (Phi) is 3.21.